The highest BCUT2D eigenvalue weighted by Crippen LogP contribution is 2.39. The number of amides is 1. The van der Waals surface area contributed by atoms with E-state index in [4.69, 9.17) is 5.73 Å². The molecule has 174 valence electrons. The van der Waals surface area contributed by atoms with Crippen LogP contribution in [-0.2, 0) is 6.54 Å². The van der Waals surface area contributed by atoms with Gasteiger partial charge in [-0.25, -0.2) is 9.49 Å². The average molecular weight is 460 g/mol. The maximum atomic E-state index is 13.5. The highest BCUT2D eigenvalue weighted by Gasteiger charge is 2.25. The number of aromatic amines is 1. The molecule has 1 saturated carbocycles. The second-order valence-corrected chi connectivity index (χ2v) is 8.91. The number of aryl methyl sites for hydroxylation is 1. The Hall–Kier alpha value is -3.94. The smallest absolute Gasteiger partial charge is 0.274 e. The van der Waals surface area contributed by atoms with Crippen LogP contribution in [-0.4, -0.2) is 20.7 Å². The number of carbonyl (C=O) groups is 1. The summed E-state index contributed by atoms with van der Waals surface area (Å²) >= 11 is 0. The predicted octanol–water partition coefficient (Wildman–Crippen LogP) is 4.33. The fourth-order valence-electron chi connectivity index (χ4n) is 4.88. The van der Waals surface area contributed by atoms with Crippen LogP contribution in [0.15, 0.2) is 53.5 Å². The summed E-state index contributed by atoms with van der Waals surface area (Å²) in [6.07, 6.45) is 6.45. The molecular formula is C26H26FN5O2. The summed E-state index contributed by atoms with van der Waals surface area (Å²) in [5.74, 6) is -0.145. The van der Waals surface area contributed by atoms with Crippen molar-refractivity contribution in [1.82, 2.24) is 20.1 Å². The summed E-state index contributed by atoms with van der Waals surface area (Å²) < 4.78 is 15.5. The van der Waals surface area contributed by atoms with Crippen molar-refractivity contribution in [3.05, 3.63) is 87.1 Å². The van der Waals surface area contributed by atoms with Gasteiger partial charge in [-0.15, -0.1) is 0 Å². The van der Waals surface area contributed by atoms with Gasteiger partial charge >= 0.3 is 0 Å². The lowest BCUT2D eigenvalue weighted by Gasteiger charge is -2.10. The number of anilines is 1. The number of H-pyrrole nitrogens is 1. The molecule has 34 heavy (non-hydrogen) atoms. The number of nitrogens with one attached hydrogen (secondary N) is 2. The molecule has 0 radical (unpaired) electrons. The molecule has 4 N–H and O–H groups in total. The number of nitrogen functional groups attached to an aromatic ring is 1. The molecule has 0 unspecified atom stereocenters. The van der Waals surface area contributed by atoms with Crippen LogP contribution in [0, 0.1) is 12.7 Å². The number of rotatable bonds is 5. The first-order valence-corrected chi connectivity index (χ1v) is 11.4. The van der Waals surface area contributed by atoms with Crippen molar-refractivity contribution in [2.45, 2.75) is 45.1 Å². The van der Waals surface area contributed by atoms with E-state index in [0.29, 0.717) is 34.5 Å². The lowest BCUT2D eigenvalue weighted by atomic mass is 9.98. The van der Waals surface area contributed by atoms with Gasteiger partial charge in [-0.05, 0) is 66.6 Å². The van der Waals surface area contributed by atoms with Crippen LogP contribution in [0.25, 0.3) is 16.6 Å². The molecule has 2 aromatic heterocycles. The van der Waals surface area contributed by atoms with Crippen LogP contribution in [0.5, 0.6) is 0 Å². The van der Waals surface area contributed by atoms with E-state index in [-0.39, 0.29) is 17.3 Å². The zero-order chi connectivity index (χ0) is 23.8. The third-order valence-corrected chi connectivity index (χ3v) is 6.69. The van der Waals surface area contributed by atoms with Gasteiger partial charge in [-0.3, -0.25) is 9.59 Å². The summed E-state index contributed by atoms with van der Waals surface area (Å²) in [6, 6.07) is 11.8. The predicted molar refractivity (Wildman–Crippen MR) is 130 cm³/mol. The van der Waals surface area contributed by atoms with Crippen molar-refractivity contribution in [3.63, 3.8) is 0 Å². The Labute approximate surface area is 195 Å². The lowest BCUT2D eigenvalue weighted by molar-refractivity contribution is 0.0950. The van der Waals surface area contributed by atoms with Crippen molar-refractivity contribution in [2.24, 2.45) is 0 Å². The molecule has 5 rings (SSSR count). The first-order valence-electron chi connectivity index (χ1n) is 11.4. The molecule has 1 amide bonds. The minimum absolute atomic E-state index is 0.225. The summed E-state index contributed by atoms with van der Waals surface area (Å²) in [4.78, 5) is 25.2. The third-order valence-electron chi connectivity index (χ3n) is 6.69. The van der Waals surface area contributed by atoms with E-state index in [0.717, 1.165) is 42.5 Å². The van der Waals surface area contributed by atoms with E-state index in [1.807, 2.05) is 35.0 Å². The number of hydrogen-bond donors (Lipinski definition) is 3. The molecule has 2 aromatic carbocycles. The average Bonchev–Trinajstić information content (AvgIpc) is 3.50. The van der Waals surface area contributed by atoms with Crippen LogP contribution in [0.4, 0.5) is 10.2 Å². The van der Waals surface area contributed by atoms with Crippen LogP contribution >= 0.6 is 0 Å². The fourth-order valence-corrected chi connectivity index (χ4v) is 4.88. The van der Waals surface area contributed by atoms with Gasteiger partial charge in [0.15, 0.2) is 5.82 Å². The Balaban J connectivity index is 1.42. The van der Waals surface area contributed by atoms with E-state index in [1.165, 1.54) is 12.1 Å². The van der Waals surface area contributed by atoms with Gasteiger partial charge in [-0.2, -0.15) is 5.10 Å². The fraction of sp³-hybridized carbons (Fsp3) is 0.269. The summed E-state index contributed by atoms with van der Waals surface area (Å²) in [5, 5.41) is 9.96. The first kappa shape index (κ1) is 21.9. The second kappa shape index (κ2) is 8.78. The molecule has 1 aliphatic carbocycles. The number of nitrogens with two attached hydrogens (primary N) is 1. The molecule has 0 aliphatic heterocycles. The summed E-state index contributed by atoms with van der Waals surface area (Å²) in [7, 11) is 0. The highest BCUT2D eigenvalue weighted by atomic mass is 19.1. The molecule has 0 spiro atoms. The van der Waals surface area contributed by atoms with Crippen molar-refractivity contribution >= 4 is 22.6 Å². The molecule has 1 aliphatic rings. The molecule has 7 nitrogen and oxygen atoms in total. The van der Waals surface area contributed by atoms with Gasteiger partial charge in [0.2, 0.25) is 0 Å². The second-order valence-electron chi connectivity index (χ2n) is 8.91. The summed E-state index contributed by atoms with van der Waals surface area (Å²) in [5.41, 5.74) is 10.4. The van der Waals surface area contributed by atoms with Gasteiger partial charge in [0, 0.05) is 24.0 Å². The number of fused-ring (bicyclic) bond motifs is 1. The topological polar surface area (TPSA) is 106 Å². The van der Waals surface area contributed by atoms with Gasteiger partial charge in [0.05, 0.1) is 5.39 Å². The largest absolute Gasteiger partial charge is 0.381 e. The van der Waals surface area contributed by atoms with Gasteiger partial charge < -0.3 is 15.6 Å². The van der Waals surface area contributed by atoms with E-state index < -0.39 is 5.82 Å². The van der Waals surface area contributed by atoms with Crippen LogP contribution in [0.2, 0.25) is 0 Å². The Morgan fingerprint density at radius 2 is 1.94 bits per heavy atom. The third kappa shape index (κ3) is 3.96. The van der Waals surface area contributed by atoms with Crippen molar-refractivity contribution in [3.8, 4) is 5.69 Å². The van der Waals surface area contributed by atoms with Crippen molar-refractivity contribution in [1.29, 1.82) is 0 Å². The van der Waals surface area contributed by atoms with Gasteiger partial charge in [0.25, 0.3) is 11.5 Å². The van der Waals surface area contributed by atoms with Crippen LogP contribution < -0.4 is 16.6 Å². The van der Waals surface area contributed by atoms with Gasteiger partial charge in [-0.1, -0.05) is 31.0 Å². The Morgan fingerprint density at radius 3 is 2.68 bits per heavy atom. The first-order chi connectivity index (χ1) is 16.4. The van der Waals surface area contributed by atoms with Crippen LogP contribution in [0.3, 0.4) is 0 Å². The Morgan fingerprint density at radius 1 is 1.21 bits per heavy atom. The molecule has 2 heterocycles. The van der Waals surface area contributed by atoms with E-state index in [2.05, 4.69) is 15.5 Å². The zero-order valence-corrected chi connectivity index (χ0v) is 18.9. The molecule has 1 fully saturated rings. The Kier molecular flexibility index (Phi) is 5.65. The quantitative estimate of drug-likeness (QED) is 0.413. The standard InChI is InChI=1S/C26H26FN5O2/c1-15-6-9-18(27)12-20(15)25(33)29-13-16-7-10-19(11-8-16)32-14-21(17-4-2-3-5-17)22-23(32)24(28)30-31-26(22)34/h6-12,14,17H,2-5,13H2,1H3,(H2,28,30)(H,29,33)(H,31,34). The Bertz CT molecular complexity index is 1430. The number of aromatic nitrogens is 3. The van der Waals surface area contributed by atoms with E-state index in [1.54, 1.807) is 13.0 Å². The van der Waals surface area contributed by atoms with Crippen molar-refractivity contribution < 1.29 is 9.18 Å². The molecule has 8 heteroatoms. The minimum Gasteiger partial charge on any atom is -0.381 e. The monoisotopic (exact) mass is 459 g/mol. The van der Waals surface area contributed by atoms with Crippen molar-refractivity contribution in [2.75, 3.05) is 5.73 Å². The molecule has 0 atom stereocenters. The number of benzene rings is 2. The van der Waals surface area contributed by atoms with E-state index >= 15 is 0 Å². The normalized spacial score (nSPS) is 14.1. The van der Waals surface area contributed by atoms with Gasteiger partial charge in [0.1, 0.15) is 11.3 Å². The zero-order valence-electron chi connectivity index (χ0n) is 18.9. The maximum absolute atomic E-state index is 13.5. The number of nitrogens with zero attached hydrogens (tertiary/aromatic N) is 2. The molecule has 0 bridgehead atoms. The molecular weight excluding hydrogens is 433 g/mol. The molecule has 4 aromatic rings. The highest BCUT2D eigenvalue weighted by molar-refractivity contribution is 5.95. The van der Waals surface area contributed by atoms with E-state index in [9.17, 15) is 14.0 Å². The minimum atomic E-state index is -0.441. The summed E-state index contributed by atoms with van der Waals surface area (Å²) in [6.45, 7) is 2.08. The van der Waals surface area contributed by atoms with Crippen LogP contribution in [0.1, 0.15) is 58.6 Å². The number of halogens is 1. The molecule has 0 saturated heterocycles. The SMILES string of the molecule is Cc1ccc(F)cc1C(=O)NCc1ccc(-n2cc(C3CCCC3)c3c(=O)[nH]nc(N)c32)cc1. The number of hydrogen-bond acceptors (Lipinski definition) is 4. The lowest BCUT2D eigenvalue weighted by Crippen LogP contribution is -2.23. The number of carbonyl (C=O) groups excluding carboxylic acids is 1. The maximum Gasteiger partial charge on any atom is 0.274 e.